The predicted octanol–water partition coefficient (Wildman–Crippen LogP) is 1.56. The lowest BCUT2D eigenvalue weighted by atomic mass is 10.1. The normalized spacial score (nSPS) is 11.8. The monoisotopic (exact) mass is 348 g/mol. The molecular weight excluding hydrogens is 341 g/mol. The molecule has 6 N–H and O–H groups in total. The van der Waals surface area contributed by atoms with Crippen molar-refractivity contribution in [2.45, 2.75) is 6.18 Å². The van der Waals surface area contributed by atoms with Gasteiger partial charge in [-0.15, -0.1) is 0 Å². The second-order valence-corrected chi connectivity index (χ2v) is 4.32. The molecule has 6 nitrogen and oxygen atoms in total. The maximum absolute atomic E-state index is 12.8. The van der Waals surface area contributed by atoms with E-state index in [1.165, 1.54) is 6.07 Å². The quantitative estimate of drug-likeness (QED) is 0.525. The Kier molecular flexibility index (Phi) is 4.57. The molecule has 1 aromatic rings. The summed E-state index contributed by atoms with van der Waals surface area (Å²) in [7, 11) is 0. The van der Waals surface area contributed by atoms with Gasteiger partial charge in [0.15, 0.2) is 5.96 Å². The first-order valence-corrected chi connectivity index (χ1v) is 5.69. The molecule has 0 saturated carbocycles. The molecular formula is C10H8BrF3N6. The molecule has 0 fully saturated rings. The van der Waals surface area contributed by atoms with Crippen molar-refractivity contribution in [1.82, 2.24) is 0 Å². The van der Waals surface area contributed by atoms with Crippen LogP contribution >= 0.6 is 15.9 Å². The molecule has 0 aromatic heterocycles. The molecule has 0 bridgehead atoms. The number of benzene rings is 1. The largest absolute Gasteiger partial charge is 0.417 e. The van der Waals surface area contributed by atoms with Crippen LogP contribution < -0.4 is 17.2 Å². The number of nitrogens with two attached hydrogens (primary N) is 3. The standard InChI is InChI=1S/C10H8BrF3N6/c11-6-1-4(3-15)5(10(12,13)14)2-7(6)19-9(18)20-8(16)17/h1-2H,(H6,16,17,18,19,20). The molecule has 0 spiro atoms. The van der Waals surface area contributed by atoms with Gasteiger partial charge in [0.05, 0.1) is 22.9 Å². The summed E-state index contributed by atoms with van der Waals surface area (Å²) in [5.74, 6) is -0.796. The van der Waals surface area contributed by atoms with Gasteiger partial charge in [-0.2, -0.15) is 23.4 Å². The minimum atomic E-state index is -4.69. The van der Waals surface area contributed by atoms with Gasteiger partial charge in [0, 0.05) is 4.47 Å². The van der Waals surface area contributed by atoms with Gasteiger partial charge < -0.3 is 17.2 Å². The first-order valence-electron chi connectivity index (χ1n) is 4.89. The van der Waals surface area contributed by atoms with Gasteiger partial charge in [-0.05, 0) is 28.1 Å². The van der Waals surface area contributed by atoms with Crippen molar-refractivity contribution in [3.8, 4) is 6.07 Å². The number of aliphatic imine (C=N–C) groups is 2. The van der Waals surface area contributed by atoms with Gasteiger partial charge in [0.25, 0.3) is 0 Å². The molecule has 0 saturated heterocycles. The van der Waals surface area contributed by atoms with Crippen molar-refractivity contribution in [2.24, 2.45) is 27.2 Å². The summed E-state index contributed by atoms with van der Waals surface area (Å²) in [6.45, 7) is 0. The average molecular weight is 349 g/mol. The summed E-state index contributed by atoms with van der Waals surface area (Å²) < 4.78 is 38.5. The summed E-state index contributed by atoms with van der Waals surface area (Å²) in [6.07, 6.45) is -4.69. The Balaban J connectivity index is 3.45. The van der Waals surface area contributed by atoms with E-state index in [2.05, 4.69) is 25.9 Å². The van der Waals surface area contributed by atoms with Gasteiger partial charge in [0.1, 0.15) is 0 Å². The fraction of sp³-hybridized carbons (Fsp3) is 0.100. The van der Waals surface area contributed by atoms with Crippen LogP contribution in [0, 0.1) is 11.3 Å². The Hall–Kier alpha value is -2.28. The van der Waals surface area contributed by atoms with E-state index in [9.17, 15) is 13.2 Å². The zero-order valence-electron chi connectivity index (χ0n) is 9.74. The van der Waals surface area contributed by atoms with Crippen LogP contribution in [0.25, 0.3) is 0 Å². The van der Waals surface area contributed by atoms with Crippen LogP contribution in [0.1, 0.15) is 11.1 Å². The van der Waals surface area contributed by atoms with Crippen molar-refractivity contribution in [2.75, 3.05) is 0 Å². The minimum absolute atomic E-state index is 0.149. The fourth-order valence-electron chi connectivity index (χ4n) is 1.26. The first-order chi connectivity index (χ1) is 9.15. The lowest BCUT2D eigenvalue weighted by Gasteiger charge is -2.10. The molecule has 10 heteroatoms. The highest BCUT2D eigenvalue weighted by molar-refractivity contribution is 9.10. The van der Waals surface area contributed by atoms with E-state index in [1.54, 1.807) is 0 Å². The van der Waals surface area contributed by atoms with E-state index in [-0.39, 0.29) is 16.1 Å². The Morgan fingerprint density at radius 2 is 1.85 bits per heavy atom. The van der Waals surface area contributed by atoms with Gasteiger partial charge in [-0.25, -0.2) is 4.99 Å². The second kappa shape index (κ2) is 5.79. The Bertz CT molecular complexity index is 625. The molecule has 0 atom stereocenters. The van der Waals surface area contributed by atoms with E-state index in [0.717, 1.165) is 6.07 Å². The highest BCUT2D eigenvalue weighted by Gasteiger charge is 2.34. The van der Waals surface area contributed by atoms with Crippen molar-refractivity contribution in [1.29, 1.82) is 5.26 Å². The molecule has 0 aliphatic carbocycles. The van der Waals surface area contributed by atoms with E-state index >= 15 is 0 Å². The van der Waals surface area contributed by atoms with Crippen LogP contribution in [0.15, 0.2) is 26.6 Å². The third kappa shape index (κ3) is 3.86. The molecule has 0 radical (unpaired) electrons. The van der Waals surface area contributed by atoms with E-state index < -0.39 is 23.3 Å². The van der Waals surface area contributed by atoms with Crippen LogP contribution in [-0.4, -0.2) is 11.9 Å². The number of nitriles is 1. The number of halogens is 4. The van der Waals surface area contributed by atoms with Crippen LogP contribution in [0.5, 0.6) is 0 Å². The first kappa shape index (κ1) is 15.8. The third-order valence-electron chi connectivity index (χ3n) is 1.99. The van der Waals surface area contributed by atoms with Crippen LogP contribution in [0.4, 0.5) is 18.9 Å². The third-order valence-corrected chi connectivity index (χ3v) is 2.63. The molecule has 1 rings (SSSR count). The minimum Gasteiger partial charge on any atom is -0.370 e. The van der Waals surface area contributed by atoms with Gasteiger partial charge in [0.2, 0.25) is 5.96 Å². The van der Waals surface area contributed by atoms with E-state index in [0.29, 0.717) is 6.07 Å². The zero-order valence-corrected chi connectivity index (χ0v) is 11.3. The maximum Gasteiger partial charge on any atom is 0.417 e. The molecule has 0 aliphatic rings. The highest BCUT2D eigenvalue weighted by Crippen LogP contribution is 2.37. The molecule has 106 valence electrons. The lowest BCUT2D eigenvalue weighted by Crippen LogP contribution is -2.26. The van der Waals surface area contributed by atoms with Crippen LogP contribution in [0.3, 0.4) is 0 Å². The topological polar surface area (TPSA) is 127 Å². The Morgan fingerprint density at radius 3 is 2.30 bits per heavy atom. The molecule has 1 aromatic carbocycles. The molecule has 0 amide bonds. The van der Waals surface area contributed by atoms with Gasteiger partial charge in [-0.1, -0.05) is 0 Å². The number of hydrogen-bond donors (Lipinski definition) is 3. The van der Waals surface area contributed by atoms with Gasteiger partial charge >= 0.3 is 6.18 Å². The van der Waals surface area contributed by atoms with Crippen molar-refractivity contribution in [3.63, 3.8) is 0 Å². The Labute approximate surface area is 119 Å². The number of rotatable bonds is 1. The van der Waals surface area contributed by atoms with E-state index in [4.69, 9.17) is 22.5 Å². The maximum atomic E-state index is 12.8. The molecule has 0 unspecified atom stereocenters. The fourth-order valence-corrected chi connectivity index (χ4v) is 1.69. The highest BCUT2D eigenvalue weighted by atomic mass is 79.9. The van der Waals surface area contributed by atoms with Crippen LogP contribution in [0.2, 0.25) is 0 Å². The zero-order chi connectivity index (χ0) is 15.5. The molecule has 0 aliphatic heterocycles. The summed E-state index contributed by atoms with van der Waals surface area (Å²) in [6, 6.07) is 3.13. The van der Waals surface area contributed by atoms with Crippen LogP contribution in [-0.2, 0) is 6.18 Å². The smallest absolute Gasteiger partial charge is 0.370 e. The van der Waals surface area contributed by atoms with Crippen molar-refractivity contribution in [3.05, 3.63) is 27.7 Å². The summed E-state index contributed by atoms with van der Waals surface area (Å²) in [5.41, 5.74) is 13.6. The Morgan fingerprint density at radius 1 is 1.25 bits per heavy atom. The summed E-state index contributed by atoms with van der Waals surface area (Å²) >= 11 is 2.99. The SMILES string of the molecule is N#Cc1cc(Br)c(N=C(N)N=C(N)N)cc1C(F)(F)F. The summed E-state index contributed by atoms with van der Waals surface area (Å²) in [4.78, 5) is 7.02. The average Bonchev–Trinajstić information content (AvgIpc) is 2.28. The molecule has 0 heterocycles. The molecule has 20 heavy (non-hydrogen) atoms. The second-order valence-electron chi connectivity index (χ2n) is 3.47. The van der Waals surface area contributed by atoms with Crippen molar-refractivity contribution < 1.29 is 13.2 Å². The van der Waals surface area contributed by atoms with Gasteiger partial charge in [-0.3, -0.25) is 0 Å². The lowest BCUT2D eigenvalue weighted by molar-refractivity contribution is -0.137. The summed E-state index contributed by atoms with van der Waals surface area (Å²) in [5, 5.41) is 8.71. The van der Waals surface area contributed by atoms with Crippen molar-refractivity contribution >= 4 is 33.5 Å². The predicted molar refractivity (Wildman–Crippen MR) is 71.0 cm³/mol. The van der Waals surface area contributed by atoms with E-state index in [1.807, 2.05) is 0 Å². The number of hydrogen-bond acceptors (Lipinski definition) is 2. The number of nitrogens with zero attached hydrogens (tertiary/aromatic N) is 3. The number of guanidine groups is 2. The number of alkyl halides is 3.